The van der Waals surface area contributed by atoms with Crippen molar-refractivity contribution in [1.82, 2.24) is 0 Å². The molecule has 100 heavy (non-hydrogen) atoms. The summed E-state index contributed by atoms with van der Waals surface area (Å²) in [6.45, 7) is -0.217. The number of rotatable bonds is 15. The van der Waals surface area contributed by atoms with Crippen molar-refractivity contribution in [2.45, 2.75) is 13.2 Å². The van der Waals surface area contributed by atoms with Crippen LogP contribution in [0, 0.1) is 0 Å². The van der Waals surface area contributed by atoms with Gasteiger partial charge in [-0.2, -0.15) is 0 Å². The van der Waals surface area contributed by atoms with Crippen molar-refractivity contribution >= 4 is 77.2 Å². The number of benzene rings is 9. The predicted molar refractivity (Wildman–Crippen MR) is 400 cm³/mol. The highest BCUT2D eigenvalue weighted by Gasteiger charge is 2.22. The molecular weight excluding hydrogens is 1490 g/mol. The van der Waals surface area contributed by atoms with Crippen molar-refractivity contribution in [2.24, 2.45) is 0 Å². The molecule has 0 saturated carbocycles. The van der Waals surface area contributed by atoms with Crippen molar-refractivity contribution in [3.8, 4) is 187 Å². The number of aromatic hydroxyl groups is 12. The Balaban J connectivity index is 0.000000150. The zero-order valence-electron chi connectivity index (χ0n) is 53.2. The Morgan fingerprint density at radius 3 is 1.03 bits per heavy atom. The Morgan fingerprint density at radius 1 is 0.260 bits per heavy atom. The van der Waals surface area contributed by atoms with E-state index >= 15 is 0 Å². The van der Waals surface area contributed by atoms with Gasteiger partial charge in [0.05, 0.1) is 45.4 Å². The molecule has 0 bridgehead atoms. The molecule has 0 amide bonds. The van der Waals surface area contributed by atoms with Gasteiger partial charge in [0.25, 0.3) is 0 Å². The summed E-state index contributed by atoms with van der Waals surface area (Å²) in [6, 6.07) is 54.8. The quantitative estimate of drug-likeness (QED) is 0.0424. The molecule has 512 valence electrons. The molecule has 24 heteroatoms. The summed E-state index contributed by atoms with van der Waals surface area (Å²) in [7, 11) is 6.42. The minimum absolute atomic E-state index is 0.0907. The molecule has 0 radical (unpaired) electrons. The van der Waals surface area contributed by atoms with Crippen LogP contribution in [0.15, 0.2) is 202 Å². The third kappa shape index (κ3) is 16.4. The molecule has 0 fully saturated rings. The number of hydrogen-bond donors (Lipinski definition) is 14. The average molecular weight is 1550 g/mol. The van der Waals surface area contributed by atoms with Crippen molar-refractivity contribution in [1.29, 1.82) is 0 Å². The van der Waals surface area contributed by atoms with Crippen molar-refractivity contribution in [3.63, 3.8) is 0 Å². The van der Waals surface area contributed by atoms with Crippen LogP contribution in [-0.4, -0.2) is 99.9 Å². The molecule has 4 heterocycles. The second kappa shape index (κ2) is 32.0. The number of phenols is 12. The topological polar surface area (TPSA) is 320 Å². The van der Waals surface area contributed by atoms with Gasteiger partial charge in [-0.05, 0) is 252 Å². The maximum atomic E-state index is 9.91. The zero-order chi connectivity index (χ0) is 71.6. The highest BCUT2D eigenvalue weighted by Crippen LogP contribution is 2.50. The maximum Gasteiger partial charge on any atom is 0.161 e. The van der Waals surface area contributed by atoms with Gasteiger partial charge in [0.15, 0.2) is 80.5 Å². The maximum absolute atomic E-state index is 9.91. The normalized spacial score (nSPS) is 10.8. The van der Waals surface area contributed by atoms with E-state index in [1.807, 2.05) is 78.9 Å². The first-order valence-electron chi connectivity index (χ1n) is 29.8. The third-order valence-corrected chi connectivity index (χ3v) is 21.7. The summed E-state index contributed by atoms with van der Waals surface area (Å²) in [5.41, 5.74) is 10.5. The Morgan fingerprint density at radius 2 is 0.590 bits per heavy atom. The lowest BCUT2D eigenvalue weighted by atomic mass is 9.99. The van der Waals surface area contributed by atoms with E-state index < -0.39 is 0 Å². The molecule has 0 atom stereocenters. The monoisotopic (exact) mass is 1550 g/mol. The highest BCUT2D eigenvalue weighted by atomic mass is 79.9. The fraction of sp³-hybridized carbons (Fsp3) is 0.0789. The number of thiophene rings is 4. The molecule has 0 aliphatic rings. The van der Waals surface area contributed by atoms with E-state index in [0.29, 0.717) is 45.3 Å². The lowest BCUT2D eigenvalue weighted by molar-refractivity contribution is 0.273. The van der Waals surface area contributed by atoms with Gasteiger partial charge in [-0.3, -0.25) is 0 Å². The van der Waals surface area contributed by atoms with Crippen LogP contribution in [0.2, 0.25) is 0 Å². The summed E-state index contributed by atoms with van der Waals surface area (Å²) in [6.07, 6.45) is 0. The van der Waals surface area contributed by atoms with Crippen LogP contribution in [-0.2, 0) is 13.2 Å². The molecule has 9 aromatic carbocycles. The molecular formula is C76H62Br2O18S4. The Kier molecular flexibility index (Phi) is 23.1. The number of phenolic OH excluding ortho intramolecular Hbond substituents is 12. The van der Waals surface area contributed by atoms with Crippen LogP contribution < -0.4 is 18.9 Å². The van der Waals surface area contributed by atoms with Crippen LogP contribution in [0.4, 0.5) is 0 Å². The fourth-order valence-electron chi connectivity index (χ4n) is 10.2. The predicted octanol–water partition coefficient (Wildman–Crippen LogP) is 19.0. The first kappa shape index (κ1) is 72.2. The molecule has 18 nitrogen and oxygen atoms in total. The van der Waals surface area contributed by atoms with Crippen LogP contribution in [0.3, 0.4) is 0 Å². The minimum Gasteiger partial charge on any atom is -0.504 e. The fourth-order valence-corrected chi connectivity index (χ4v) is 15.9. The Labute approximate surface area is 605 Å². The standard InChI is InChI=1S/C28H28O6S.C22H16O6S.C16H11BrO4S.C10H7BrO2S/c1-31-23-9-7-17(11-21(23)16-30)22-14-27(18-5-6-20(15-29)25(12-18)33-3)35-28(22)19-8-10-24(32-2)26(13-19)34-4;23-15-4-1-11(7-18(15)26)14-10-21(12-2-5-16(24)19(27)8-12)29-22(14)13-3-6-17(25)20(28)9-13;17-10-7-15(8-1-3-11(18)13(20)5-8)22-16(10)9-2-4-12(19)14(21)6-9;11-10-4-3-9(14-10)6-1-2-7(12)8(13)5-6/h5-14,29-30H,15-16H2,1-4H3;1-10,23-28H;1-7,18-21H;1-5,12-13H. The van der Waals surface area contributed by atoms with Crippen LogP contribution in [0.5, 0.6) is 92.0 Å². The summed E-state index contributed by atoms with van der Waals surface area (Å²) < 4.78 is 23.7. The molecule has 13 rings (SSSR count). The van der Waals surface area contributed by atoms with E-state index in [9.17, 15) is 66.4 Å². The third-order valence-electron chi connectivity index (χ3n) is 15.4. The number of aliphatic hydroxyl groups excluding tert-OH is 2. The van der Waals surface area contributed by atoms with Crippen LogP contribution in [0.1, 0.15) is 11.1 Å². The van der Waals surface area contributed by atoms with Gasteiger partial charge in [-0.25, -0.2) is 0 Å². The van der Waals surface area contributed by atoms with Gasteiger partial charge in [0, 0.05) is 60.9 Å². The molecule has 0 saturated heterocycles. The summed E-state index contributed by atoms with van der Waals surface area (Å²) in [4.78, 5) is 6.42. The second-order valence-corrected chi connectivity index (χ2v) is 28.2. The lowest BCUT2D eigenvalue weighted by Crippen LogP contribution is -1.93. The first-order chi connectivity index (χ1) is 48.0. The van der Waals surface area contributed by atoms with Crippen molar-refractivity contribution < 1.29 is 90.4 Å². The second-order valence-electron chi connectivity index (χ2n) is 21.8. The van der Waals surface area contributed by atoms with Gasteiger partial charge in [0.2, 0.25) is 0 Å². The number of halogens is 2. The highest BCUT2D eigenvalue weighted by molar-refractivity contribution is 9.11. The van der Waals surface area contributed by atoms with E-state index in [4.69, 9.17) is 24.1 Å². The number of methoxy groups -OCH3 is 4. The molecule has 0 aliphatic heterocycles. The van der Waals surface area contributed by atoms with E-state index in [1.165, 1.54) is 89.4 Å². The van der Waals surface area contributed by atoms with E-state index in [2.05, 4.69) is 37.9 Å². The average Bonchev–Trinajstić information content (AvgIpc) is 1.61. The molecule has 13 aromatic rings. The minimum atomic E-state index is -0.267. The van der Waals surface area contributed by atoms with Gasteiger partial charge in [-0.15, -0.1) is 45.3 Å². The molecule has 0 spiro atoms. The molecule has 14 N–H and O–H groups in total. The molecule has 0 unspecified atom stereocenters. The zero-order valence-corrected chi connectivity index (χ0v) is 59.6. The van der Waals surface area contributed by atoms with Crippen LogP contribution in [0.25, 0.3) is 95.3 Å². The van der Waals surface area contributed by atoms with E-state index in [0.717, 1.165) is 92.5 Å². The summed E-state index contributed by atoms with van der Waals surface area (Å²) in [5, 5.41) is 134. The van der Waals surface area contributed by atoms with Crippen LogP contribution >= 0.6 is 77.2 Å². The van der Waals surface area contributed by atoms with Gasteiger partial charge < -0.3 is 90.4 Å². The number of aliphatic hydroxyl groups is 2. The Bertz CT molecular complexity index is 4950. The summed E-state index contributed by atoms with van der Waals surface area (Å²) >= 11 is 12.9. The molecule has 0 aliphatic carbocycles. The number of ether oxygens (including phenoxy) is 4. The smallest absolute Gasteiger partial charge is 0.161 e. The van der Waals surface area contributed by atoms with Crippen molar-refractivity contribution in [2.75, 3.05) is 28.4 Å². The summed E-state index contributed by atoms with van der Waals surface area (Å²) in [5.74, 6) is 0.235. The van der Waals surface area contributed by atoms with Gasteiger partial charge in [0.1, 0.15) is 11.5 Å². The van der Waals surface area contributed by atoms with E-state index in [-0.39, 0.29) is 82.2 Å². The van der Waals surface area contributed by atoms with E-state index in [1.54, 1.807) is 93.6 Å². The van der Waals surface area contributed by atoms with Gasteiger partial charge in [-0.1, -0.05) is 24.3 Å². The number of hydrogen-bond acceptors (Lipinski definition) is 22. The SMILES string of the molecule is COc1ccc(-c2cc(-c3ccc(CO)c(OC)c3)sc2-c2ccc(OC)c(OC)c2)cc1CO.Oc1ccc(-c2cc(-c3ccc(O)c(O)c3)c(-c3ccc(O)c(O)c3)s2)cc1O.Oc1ccc(-c2cc(Br)c(-c3ccc(O)c(O)c3)s2)cc1O.Oc1ccc(-c2ccc(Br)s2)cc1O. The largest absolute Gasteiger partial charge is 0.504 e. The van der Waals surface area contributed by atoms with Gasteiger partial charge >= 0.3 is 0 Å². The van der Waals surface area contributed by atoms with Crippen molar-refractivity contribution in [3.05, 3.63) is 214 Å². The molecule has 4 aromatic heterocycles. The Hall–Kier alpha value is -10.5. The lowest BCUT2D eigenvalue weighted by Gasteiger charge is -2.12. The first-order valence-corrected chi connectivity index (χ1v) is 34.6.